The number of fused-ring (bicyclic) bond motifs is 1. The summed E-state index contributed by atoms with van der Waals surface area (Å²) in [5.41, 5.74) is 2.56. The van der Waals surface area contributed by atoms with Gasteiger partial charge in [-0.2, -0.15) is 0 Å². The smallest absolute Gasteiger partial charge is 0.228 e. The van der Waals surface area contributed by atoms with Crippen LogP contribution in [0.15, 0.2) is 36.5 Å². The molecule has 1 aliphatic heterocycles. The van der Waals surface area contributed by atoms with Crippen LogP contribution in [0.4, 0.5) is 11.5 Å². The number of amides is 2. The van der Waals surface area contributed by atoms with Gasteiger partial charge in [0.2, 0.25) is 11.8 Å². The van der Waals surface area contributed by atoms with E-state index in [1.165, 1.54) is 0 Å². The normalized spacial score (nSPS) is 15.5. The first-order valence-corrected chi connectivity index (χ1v) is 8.99. The van der Waals surface area contributed by atoms with Crippen molar-refractivity contribution in [3.05, 3.63) is 47.7 Å². The second-order valence-electron chi connectivity index (χ2n) is 6.55. The molecule has 7 heteroatoms. The quantitative estimate of drug-likeness (QED) is 0.653. The Morgan fingerprint density at radius 3 is 2.89 bits per heavy atom. The van der Waals surface area contributed by atoms with Crippen molar-refractivity contribution in [2.24, 2.45) is 0 Å². The molecule has 2 amide bonds. The maximum atomic E-state index is 12.6. The van der Waals surface area contributed by atoms with E-state index in [0.717, 1.165) is 23.4 Å². The standard InChI is InChI=1S/C20H24N4O3/c1-13-4-7-18(23-12-13)21-8-3-9-22-20(26)16-11-19(25)24-17-6-5-14(27-2)10-15(16)17/h4-7,10,12,16H,3,8-9,11H2,1-2H3,(H,21,23)(H,22,26)(H,24,25)/t16-/m1/s1. The Morgan fingerprint density at radius 1 is 1.30 bits per heavy atom. The highest BCUT2D eigenvalue weighted by atomic mass is 16.5. The fourth-order valence-corrected chi connectivity index (χ4v) is 3.01. The maximum Gasteiger partial charge on any atom is 0.228 e. The first-order valence-electron chi connectivity index (χ1n) is 8.99. The lowest BCUT2D eigenvalue weighted by atomic mass is 9.89. The number of carbonyl (C=O) groups excluding carboxylic acids is 2. The predicted octanol–water partition coefficient (Wildman–Crippen LogP) is 2.44. The van der Waals surface area contributed by atoms with Gasteiger partial charge >= 0.3 is 0 Å². The van der Waals surface area contributed by atoms with Gasteiger partial charge < -0.3 is 20.7 Å². The Balaban J connectivity index is 1.52. The summed E-state index contributed by atoms with van der Waals surface area (Å²) in [7, 11) is 1.58. The molecule has 2 aromatic rings. The van der Waals surface area contributed by atoms with Crippen molar-refractivity contribution in [2.45, 2.75) is 25.7 Å². The van der Waals surface area contributed by atoms with Gasteiger partial charge in [0.05, 0.1) is 13.0 Å². The van der Waals surface area contributed by atoms with Crippen LogP contribution in [0.25, 0.3) is 0 Å². The molecule has 0 saturated heterocycles. The summed E-state index contributed by atoms with van der Waals surface area (Å²) in [6, 6.07) is 9.27. The average Bonchev–Trinajstić information content (AvgIpc) is 2.68. The molecule has 3 rings (SSSR count). The summed E-state index contributed by atoms with van der Waals surface area (Å²) in [6.07, 6.45) is 2.70. The molecule has 0 fully saturated rings. The number of anilines is 2. The summed E-state index contributed by atoms with van der Waals surface area (Å²) >= 11 is 0. The molecule has 1 atom stereocenters. The van der Waals surface area contributed by atoms with E-state index in [9.17, 15) is 9.59 Å². The first-order chi connectivity index (χ1) is 13.1. The molecule has 1 aliphatic rings. The van der Waals surface area contributed by atoms with Crippen molar-refractivity contribution in [1.82, 2.24) is 10.3 Å². The highest BCUT2D eigenvalue weighted by Gasteiger charge is 2.30. The zero-order valence-electron chi connectivity index (χ0n) is 15.5. The second kappa shape index (κ2) is 8.53. The molecule has 0 radical (unpaired) electrons. The van der Waals surface area contributed by atoms with E-state index in [0.29, 0.717) is 24.5 Å². The molecular formula is C20H24N4O3. The van der Waals surface area contributed by atoms with Crippen molar-refractivity contribution in [3.8, 4) is 5.75 Å². The van der Waals surface area contributed by atoms with Gasteiger partial charge in [0.25, 0.3) is 0 Å². The number of aryl methyl sites for hydroxylation is 1. The molecule has 3 N–H and O–H groups in total. The number of ether oxygens (including phenoxy) is 1. The number of pyridine rings is 1. The minimum atomic E-state index is -0.504. The number of benzene rings is 1. The molecule has 1 aromatic heterocycles. The number of methoxy groups -OCH3 is 1. The van der Waals surface area contributed by atoms with Gasteiger partial charge in [0.1, 0.15) is 11.6 Å². The number of hydrogen-bond donors (Lipinski definition) is 3. The van der Waals surface area contributed by atoms with Crippen LogP contribution in [-0.4, -0.2) is 37.0 Å². The van der Waals surface area contributed by atoms with E-state index in [2.05, 4.69) is 20.9 Å². The Hall–Kier alpha value is -3.09. The molecule has 0 aliphatic carbocycles. The van der Waals surface area contributed by atoms with E-state index in [4.69, 9.17) is 4.74 Å². The SMILES string of the molecule is COc1ccc2c(c1)[C@H](C(=O)NCCCNc1ccc(C)cn1)CC(=O)N2. The maximum absolute atomic E-state index is 12.6. The van der Waals surface area contributed by atoms with Crippen LogP contribution in [0.3, 0.4) is 0 Å². The number of hydrogen-bond acceptors (Lipinski definition) is 5. The molecule has 27 heavy (non-hydrogen) atoms. The average molecular weight is 368 g/mol. The number of nitrogens with zero attached hydrogens (tertiary/aromatic N) is 1. The minimum absolute atomic E-state index is 0.136. The number of rotatable bonds is 7. The van der Waals surface area contributed by atoms with Crippen LogP contribution in [0.2, 0.25) is 0 Å². The van der Waals surface area contributed by atoms with Crippen molar-refractivity contribution < 1.29 is 14.3 Å². The summed E-state index contributed by atoms with van der Waals surface area (Å²) in [5.74, 6) is 0.678. The van der Waals surface area contributed by atoms with Crippen LogP contribution in [0, 0.1) is 6.92 Å². The number of aromatic nitrogens is 1. The molecular weight excluding hydrogens is 344 g/mol. The summed E-state index contributed by atoms with van der Waals surface area (Å²) < 4.78 is 5.24. The van der Waals surface area contributed by atoms with Gasteiger partial charge in [0, 0.05) is 31.4 Å². The van der Waals surface area contributed by atoms with E-state index in [-0.39, 0.29) is 18.2 Å². The second-order valence-corrected chi connectivity index (χ2v) is 6.55. The lowest BCUT2D eigenvalue weighted by Gasteiger charge is -2.25. The van der Waals surface area contributed by atoms with E-state index < -0.39 is 5.92 Å². The van der Waals surface area contributed by atoms with Gasteiger partial charge in [-0.05, 0) is 48.7 Å². The molecule has 142 valence electrons. The van der Waals surface area contributed by atoms with Crippen molar-refractivity contribution in [1.29, 1.82) is 0 Å². The Kier molecular flexibility index (Phi) is 5.90. The Morgan fingerprint density at radius 2 is 2.15 bits per heavy atom. The lowest BCUT2D eigenvalue weighted by molar-refractivity contribution is -0.126. The van der Waals surface area contributed by atoms with Crippen molar-refractivity contribution in [3.63, 3.8) is 0 Å². The number of carbonyl (C=O) groups is 2. The van der Waals surface area contributed by atoms with Gasteiger partial charge in [-0.1, -0.05) is 6.07 Å². The molecule has 2 heterocycles. The fourth-order valence-electron chi connectivity index (χ4n) is 3.01. The topological polar surface area (TPSA) is 92.3 Å². The molecule has 0 spiro atoms. The lowest BCUT2D eigenvalue weighted by Crippen LogP contribution is -2.35. The third-order valence-corrected chi connectivity index (χ3v) is 4.48. The van der Waals surface area contributed by atoms with E-state index >= 15 is 0 Å². The van der Waals surface area contributed by atoms with Crippen LogP contribution < -0.4 is 20.7 Å². The van der Waals surface area contributed by atoms with Crippen molar-refractivity contribution in [2.75, 3.05) is 30.8 Å². The predicted molar refractivity (Wildman–Crippen MR) is 104 cm³/mol. The molecule has 1 aromatic carbocycles. The summed E-state index contributed by atoms with van der Waals surface area (Å²) in [4.78, 5) is 28.8. The molecule has 0 bridgehead atoms. The largest absolute Gasteiger partial charge is 0.497 e. The molecule has 0 unspecified atom stereocenters. The van der Waals surface area contributed by atoms with E-state index in [1.54, 1.807) is 19.2 Å². The first kappa shape index (κ1) is 18.7. The van der Waals surface area contributed by atoms with Gasteiger partial charge in [0.15, 0.2) is 0 Å². The van der Waals surface area contributed by atoms with Gasteiger partial charge in [-0.15, -0.1) is 0 Å². The molecule has 0 saturated carbocycles. The third kappa shape index (κ3) is 4.75. The highest BCUT2D eigenvalue weighted by Crippen LogP contribution is 2.34. The van der Waals surface area contributed by atoms with Gasteiger partial charge in [-0.3, -0.25) is 9.59 Å². The van der Waals surface area contributed by atoms with Crippen LogP contribution >= 0.6 is 0 Å². The third-order valence-electron chi connectivity index (χ3n) is 4.48. The van der Waals surface area contributed by atoms with E-state index in [1.807, 2.05) is 31.3 Å². The Bertz CT molecular complexity index is 820. The molecule has 7 nitrogen and oxygen atoms in total. The highest BCUT2D eigenvalue weighted by molar-refractivity contribution is 6.01. The monoisotopic (exact) mass is 368 g/mol. The van der Waals surface area contributed by atoms with Crippen LogP contribution in [0.5, 0.6) is 5.75 Å². The van der Waals surface area contributed by atoms with Gasteiger partial charge in [-0.25, -0.2) is 4.98 Å². The van der Waals surface area contributed by atoms with Crippen LogP contribution in [-0.2, 0) is 9.59 Å². The zero-order chi connectivity index (χ0) is 19.2. The zero-order valence-corrected chi connectivity index (χ0v) is 15.5. The fraction of sp³-hybridized carbons (Fsp3) is 0.350. The van der Waals surface area contributed by atoms with Crippen LogP contribution in [0.1, 0.15) is 29.9 Å². The number of nitrogens with one attached hydrogen (secondary N) is 3. The Labute approximate surface area is 158 Å². The summed E-state index contributed by atoms with van der Waals surface area (Å²) in [5, 5.41) is 8.95. The minimum Gasteiger partial charge on any atom is -0.497 e. The van der Waals surface area contributed by atoms with Crippen molar-refractivity contribution >= 4 is 23.3 Å². The summed E-state index contributed by atoms with van der Waals surface area (Å²) in [6.45, 7) is 3.21.